The van der Waals surface area contributed by atoms with Crippen LogP contribution in [-0.2, 0) is 4.79 Å². The van der Waals surface area contributed by atoms with Gasteiger partial charge in [0.25, 0.3) is 0 Å². The third-order valence-electron chi connectivity index (χ3n) is 4.94. The summed E-state index contributed by atoms with van der Waals surface area (Å²) >= 11 is 0. The molecule has 0 radical (unpaired) electrons. The summed E-state index contributed by atoms with van der Waals surface area (Å²) in [7, 11) is 0. The van der Waals surface area contributed by atoms with Gasteiger partial charge in [0.15, 0.2) is 0 Å². The van der Waals surface area contributed by atoms with Gasteiger partial charge in [-0.2, -0.15) is 0 Å². The van der Waals surface area contributed by atoms with E-state index < -0.39 is 0 Å². The summed E-state index contributed by atoms with van der Waals surface area (Å²) in [4.78, 5) is 12.4. The Bertz CT molecular complexity index is 286. The molecule has 3 nitrogen and oxygen atoms in total. The van der Waals surface area contributed by atoms with Crippen LogP contribution in [-0.4, -0.2) is 25.0 Å². The van der Waals surface area contributed by atoms with E-state index in [1.165, 1.54) is 25.8 Å². The highest BCUT2D eigenvalue weighted by Crippen LogP contribution is 2.32. The Morgan fingerprint density at radius 1 is 1.16 bits per heavy atom. The Morgan fingerprint density at radius 3 is 2.53 bits per heavy atom. The third kappa shape index (κ3) is 3.95. The number of carbonyl (C=O) groups excluding carboxylic acids is 1. The Kier molecular flexibility index (Phi) is 5.68. The zero-order valence-electron chi connectivity index (χ0n) is 12.6. The molecule has 2 aliphatic rings. The summed E-state index contributed by atoms with van der Waals surface area (Å²) in [6, 6.07) is 0.435. The third-order valence-corrected chi connectivity index (χ3v) is 4.94. The molecule has 2 fully saturated rings. The second-order valence-corrected chi connectivity index (χ2v) is 6.47. The van der Waals surface area contributed by atoms with Crippen molar-refractivity contribution in [3.63, 3.8) is 0 Å². The Balaban J connectivity index is 1.80. The molecule has 2 N–H and O–H groups in total. The molecule has 0 aromatic heterocycles. The van der Waals surface area contributed by atoms with Gasteiger partial charge in [-0.25, -0.2) is 0 Å². The molecular weight excluding hydrogens is 236 g/mol. The predicted molar refractivity (Wildman–Crippen MR) is 78.9 cm³/mol. The molecule has 19 heavy (non-hydrogen) atoms. The van der Waals surface area contributed by atoms with Crippen molar-refractivity contribution in [3.05, 3.63) is 0 Å². The highest BCUT2D eigenvalue weighted by Gasteiger charge is 2.34. The van der Waals surface area contributed by atoms with Gasteiger partial charge in [0.05, 0.1) is 0 Å². The van der Waals surface area contributed by atoms with Gasteiger partial charge in [0, 0.05) is 12.0 Å². The van der Waals surface area contributed by atoms with Gasteiger partial charge < -0.3 is 10.6 Å². The van der Waals surface area contributed by atoms with Crippen LogP contribution in [0.3, 0.4) is 0 Å². The van der Waals surface area contributed by atoms with Crippen LogP contribution < -0.4 is 10.6 Å². The highest BCUT2D eigenvalue weighted by atomic mass is 16.1. The van der Waals surface area contributed by atoms with Gasteiger partial charge >= 0.3 is 0 Å². The Hall–Kier alpha value is -0.570. The molecule has 3 atom stereocenters. The first-order valence-corrected chi connectivity index (χ1v) is 8.25. The van der Waals surface area contributed by atoms with Crippen molar-refractivity contribution < 1.29 is 4.79 Å². The van der Waals surface area contributed by atoms with Crippen molar-refractivity contribution in [3.8, 4) is 0 Å². The van der Waals surface area contributed by atoms with E-state index in [1.807, 2.05) is 0 Å². The average molecular weight is 266 g/mol. The van der Waals surface area contributed by atoms with Gasteiger partial charge in [-0.3, -0.25) is 4.79 Å². The molecule has 1 unspecified atom stereocenters. The quantitative estimate of drug-likeness (QED) is 0.776. The molecule has 0 bridgehead atoms. The molecule has 1 amide bonds. The molecule has 1 heterocycles. The molecular formula is C16H30N2O. The minimum Gasteiger partial charge on any atom is -0.353 e. The first-order chi connectivity index (χ1) is 9.24. The summed E-state index contributed by atoms with van der Waals surface area (Å²) in [5.74, 6) is 2.23. The van der Waals surface area contributed by atoms with E-state index in [1.54, 1.807) is 0 Å². The molecule has 1 aliphatic carbocycles. The van der Waals surface area contributed by atoms with Crippen LogP contribution >= 0.6 is 0 Å². The number of nitrogens with one attached hydrogen (secondary N) is 2. The van der Waals surface area contributed by atoms with Crippen molar-refractivity contribution in [2.24, 2.45) is 17.8 Å². The van der Waals surface area contributed by atoms with E-state index >= 15 is 0 Å². The fourth-order valence-electron chi connectivity index (χ4n) is 3.85. The number of carbonyl (C=O) groups is 1. The maximum atomic E-state index is 12.4. The van der Waals surface area contributed by atoms with Crippen molar-refractivity contribution in [2.75, 3.05) is 13.1 Å². The molecule has 110 valence electrons. The van der Waals surface area contributed by atoms with Crippen LogP contribution in [0, 0.1) is 17.8 Å². The van der Waals surface area contributed by atoms with E-state index in [2.05, 4.69) is 24.5 Å². The number of rotatable bonds is 6. The second-order valence-electron chi connectivity index (χ2n) is 6.47. The van der Waals surface area contributed by atoms with Crippen molar-refractivity contribution in [2.45, 2.75) is 64.8 Å². The number of amides is 1. The summed E-state index contributed by atoms with van der Waals surface area (Å²) in [5.41, 5.74) is 0. The lowest BCUT2D eigenvalue weighted by Crippen LogP contribution is -2.43. The van der Waals surface area contributed by atoms with Gasteiger partial charge in [0.2, 0.25) is 5.91 Å². The fraction of sp³-hybridized carbons (Fsp3) is 0.938. The van der Waals surface area contributed by atoms with Crippen LogP contribution in [0.15, 0.2) is 0 Å². The van der Waals surface area contributed by atoms with E-state index in [4.69, 9.17) is 0 Å². The smallest absolute Gasteiger partial charge is 0.223 e. The first-order valence-electron chi connectivity index (χ1n) is 8.25. The standard InChI is InChI=1S/C16H30N2O/c1-3-5-12(6-4-2)16(19)18-15-8-7-13-10-17-11-14(13)9-15/h12-15,17H,3-11H2,1-2H3,(H,18,19)/t13-,14+,15?/m0/s1. The maximum absolute atomic E-state index is 12.4. The van der Waals surface area contributed by atoms with Crippen molar-refractivity contribution in [1.82, 2.24) is 10.6 Å². The van der Waals surface area contributed by atoms with E-state index in [9.17, 15) is 4.79 Å². The normalized spacial score (nSPS) is 30.4. The molecule has 1 saturated carbocycles. The van der Waals surface area contributed by atoms with Crippen LogP contribution in [0.4, 0.5) is 0 Å². The summed E-state index contributed by atoms with van der Waals surface area (Å²) < 4.78 is 0. The fourth-order valence-corrected chi connectivity index (χ4v) is 3.85. The molecule has 0 aromatic carbocycles. The van der Waals surface area contributed by atoms with Crippen molar-refractivity contribution in [1.29, 1.82) is 0 Å². The molecule has 0 aromatic rings. The minimum atomic E-state index is 0.245. The van der Waals surface area contributed by atoms with E-state index in [-0.39, 0.29) is 5.92 Å². The minimum absolute atomic E-state index is 0.245. The molecule has 2 rings (SSSR count). The lowest BCUT2D eigenvalue weighted by Gasteiger charge is -2.32. The van der Waals surface area contributed by atoms with E-state index in [0.29, 0.717) is 11.9 Å². The van der Waals surface area contributed by atoms with Crippen LogP contribution in [0.25, 0.3) is 0 Å². The summed E-state index contributed by atoms with van der Waals surface area (Å²) in [6.07, 6.45) is 7.96. The monoisotopic (exact) mass is 266 g/mol. The van der Waals surface area contributed by atoms with Gasteiger partial charge in [-0.15, -0.1) is 0 Å². The number of hydrogen-bond acceptors (Lipinski definition) is 2. The molecule has 1 aliphatic heterocycles. The zero-order valence-corrected chi connectivity index (χ0v) is 12.6. The number of fused-ring (bicyclic) bond motifs is 1. The molecule has 0 spiro atoms. The predicted octanol–water partition coefficient (Wildman–Crippen LogP) is 2.71. The Labute approximate surface area is 117 Å². The molecule has 1 saturated heterocycles. The second kappa shape index (κ2) is 7.28. The maximum Gasteiger partial charge on any atom is 0.223 e. The van der Waals surface area contributed by atoms with Gasteiger partial charge in [-0.1, -0.05) is 26.7 Å². The molecule has 3 heteroatoms. The van der Waals surface area contributed by atoms with E-state index in [0.717, 1.165) is 44.1 Å². The highest BCUT2D eigenvalue weighted by molar-refractivity contribution is 5.78. The largest absolute Gasteiger partial charge is 0.353 e. The van der Waals surface area contributed by atoms with Crippen molar-refractivity contribution >= 4 is 5.91 Å². The van der Waals surface area contributed by atoms with Gasteiger partial charge in [0.1, 0.15) is 0 Å². The summed E-state index contributed by atoms with van der Waals surface area (Å²) in [6.45, 7) is 6.70. The van der Waals surface area contributed by atoms with Crippen LogP contribution in [0.1, 0.15) is 58.8 Å². The first kappa shape index (κ1) is 14.8. The zero-order chi connectivity index (χ0) is 13.7. The SMILES string of the molecule is CCCC(CCC)C(=O)NC1CC[C@H]2CNC[C@H]2C1. The summed E-state index contributed by atoms with van der Waals surface area (Å²) in [5, 5.41) is 6.82. The van der Waals surface area contributed by atoms with Gasteiger partial charge in [-0.05, 0) is 57.0 Å². The number of hydrogen-bond donors (Lipinski definition) is 2. The lowest BCUT2D eigenvalue weighted by atomic mass is 9.79. The van der Waals surface area contributed by atoms with Crippen LogP contribution in [0.2, 0.25) is 0 Å². The average Bonchev–Trinajstić information content (AvgIpc) is 2.86. The lowest BCUT2D eigenvalue weighted by molar-refractivity contribution is -0.126. The van der Waals surface area contributed by atoms with Crippen LogP contribution in [0.5, 0.6) is 0 Å². The Morgan fingerprint density at radius 2 is 1.84 bits per heavy atom. The topological polar surface area (TPSA) is 41.1 Å².